The number of rotatable bonds is 2. The summed E-state index contributed by atoms with van der Waals surface area (Å²) in [5.74, 6) is 1.06. The van der Waals surface area contributed by atoms with Crippen molar-refractivity contribution in [3.05, 3.63) is 29.8 Å². The molecule has 1 aliphatic carbocycles. The molecule has 1 spiro atoms. The normalized spacial score (nSPS) is 28.3. The third kappa shape index (κ3) is 3.42. The number of hydrogen-bond donors (Lipinski definition) is 2. The molecule has 130 valence electrons. The first kappa shape index (κ1) is 16.3. The standard InChI is InChI=1S/C19H26N2O2S/c22-18(20-14-7-11-23-19(13-14)9-3-4-10-19)21-16-8-12-24-17-6-2-1-5-15(16)17/h1-2,5-6,14,16H,3-4,7-13H2,(H2,20,21,22). The van der Waals surface area contributed by atoms with E-state index in [-0.39, 0.29) is 23.7 Å². The van der Waals surface area contributed by atoms with Crippen LogP contribution in [0.5, 0.6) is 0 Å². The van der Waals surface area contributed by atoms with E-state index in [4.69, 9.17) is 4.74 Å². The molecule has 2 amide bonds. The fourth-order valence-electron chi connectivity index (χ4n) is 4.40. The Morgan fingerprint density at radius 1 is 1.17 bits per heavy atom. The molecule has 1 saturated heterocycles. The first-order valence-electron chi connectivity index (χ1n) is 9.17. The van der Waals surface area contributed by atoms with Crippen molar-refractivity contribution in [1.29, 1.82) is 0 Å². The fraction of sp³-hybridized carbons (Fsp3) is 0.632. The van der Waals surface area contributed by atoms with Gasteiger partial charge in [0, 0.05) is 23.3 Å². The van der Waals surface area contributed by atoms with Crippen molar-refractivity contribution < 1.29 is 9.53 Å². The lowest BCUT2D eigenvalue weighted by molar-refractivity contribution is -0.0820. The van der Waals surface area contributed by atoms with Crippen molar-refractivity contribution >= 4 is 17.8 Å². The number of nitrogens with one attached hydrogen (secondary N) is 2. The Morgan fingerprint density at radius 2 is 2.00 bits per heavy atom. The van der Waals surface area contributed by atoms with Crippen molar-refractivity contribution in [2.75, 3.05) is 12.4 Å². The SMILES string of the molecule is O=C(NC1CCOC2(CCCC2)C1)NC1CCSc2ccccc21. The summed E-state index contributed by atoms with van der Waals surface area (Å²) in [6.45, 7) is 0.772. The second-order valence-corrected chi connectivity index (χ2v) is 8.41. The molecule has 2 aliphatic heterocycles. The van der Waals surface area contributed by atoms with Crippen LogP contribution in [0.4, 0.5) is 4.79 Å². The molecule has 4 rings (SSSR count). The quantitative estimate of drug-likeness (QED) is 0.850. The summed E-state index contributed by atoms with van der Waals surface area (Å²) >= 11 is 1.88. The molecule has 2 atom stereocenters. The Labute approximate surface area is 148 Å². The maximum Gasteiger partial charge on any atom is 0.315 e. The minimum absolute atomic E-state index is 0.0262. The van der Waals surface area contributed by atoms with Crippen LogP contribution in [-0.4, -0.2) is 30.0 Å². The lowest BCUT2D eigenvalue weighted by Crippen LogP contribution is -2.50. The molecule has 2 N–H and O–H groups in total. The second kappa shape index (κ2) is 6.96. The third-order valence-electron chi connectivity index (χ3n) is 5.61. The van der Waals surface area contributed by atoms with Gasteiger partial charge >= 0.3 is 6.03 Å². The van der Waals surface area contributed by atoms with Gasteiger partial charge in [0.1, 0.15) is 0 Å². The first-order chi connectivity index (χ1) is 11.7. The average molecular weight is 346 g/mol. The number of carbonyl (C=O) groups is 1. The summed E-state index contributed by atoms with van der Waals surface area (Å²) in [5.41, 5.74) is 1.30. The molecule has 0 radical (unpaired) electrons. The highest BCUT2D eigenvalue weighted by atomic mass is 32.2. The van der Waals surface area contributed by atoms with E-state index < -0.39 is 0 Å². The molecule has 24 heavy (non-hydrogen) atoms. The van der Waals surface area contributed by atoms with Gasteiger partial charge in [-0.1, -0.05) is 31.0 Å². The number of urea groups is 1. The largest absolute Gasteiger partial charge is 0.375 e. The molecule has 0 aromatic heterocycles. The highest BCUT2D eigenvalue weighted by molar-refractivity contribution is 7.99. The summed E-state index contributed by atoms with van der Waals surface area (Å²) in [6, 6.07) is 8.74. The summed E-state index contributed by atoms with van der Waals surface area (Å²) in [5, 5.41) is 6.41. The summed E-state index contributed by atoms with van der Waals surface area (Å²) in [4.78, 5) is 13.8. The minimum Gasteiger partial charge on any atom is -0.375 e. The van der Waals surface area contributed by atoms with Crippen LogP contribution in [0, 0.1) is 0 Å². The van der Waals surface area contributed by atoms with Crippen molar-refractivity contribution in [3.8, 4) is 0 Å². The molecule has 1 aromatic rings. The van der Waals surface area contributed by atoms with E-state index in [1.807, 2.05) is 11.8 Å². The number of ether oxygens (including phenoxy) is 1. The highest BCUT2D eigenvalue weighted by Gasteiger charge is 2.40. The first-order valence-corrected chi connectivity index (χ1v) is 10.2. The van der Waals surface area contributed by atoms with Crippen molar-refractivity contribution in [2.24, 2.45) is 0 Å². The lowest BCUT2D eigenvalue weighted by atomic mass is 9.89. The molecule has 4 nitrogen and oxygen atoms in total. The number of benzene rings is 1. The number of hydrogen-bond acceptors (Lipinski definition) is 3. The highest BCUT2D eigenvalue weighted by Crippen LogP contribution is 2.40. The maximum absolute atomic E-state index is 12.5. The zero-order chi connectivity index (χ0) is 16.4. The molecule has 0 bridgehead atoms. The van der Waals surface area contributed by atoms with Crippen LogP contribution < -0.4 is 10.6 Å². The topological polar surface area (TPSA) is 50.4 Å². The van der Waals surface area contributed by atoms with E-state index >= 15 is 0 Å². The summed E-state index contributed by atoms with van der Waals surface area (Å²) in [7, 11) is 0. The Balaban J connectivity index is 1.36. The second-order valence-electron chi connectivity index (χ2n) is 7.27. The van der Waals surface area contributed by atoms with Gasteiger partial charge in [0.15, 0.2) is 0 Å². The van der Waals surface area contributed by atoms with E-state index in [1.165, 1.54) is 23.3 Å². The van der Waals surface area contributed by atoms with Gasteiger partial charge in [-0.15, -0.1) is 11.8 Å². The zero-order valence-electron chi connectivity index (χ0n) is 14.1. The van der Waals surface area contributed by atoms with Crippen LogP contribution in [0.2, 0.25) is 0 Å². The zero-order valence-corrected chi connectivity index (χ0v) is 14.9. The summed E-state index contributed by atoms with van der Waals surface area (Å²) in [6.07, 6.45) is 7.71. The van der Waals surface area contributed by atoms with Crippen LogP contribution in [0.15, 0.2) is 29.2 Å². The molecule has 1 saturated carbocycles. The van der Waals surface area contributed by atoms with Gasteiger partial charge in [-0.05, 0) is 43.7 Å². The van der Waals surface area contributed by atoms with Crippen LogP contribution >= 0.6 is 11.8 Å². The van der Waals surface area contributed by atoms with Crippen LogP contribution in [0.25, 0.3) is 0 Å². The number of carbonyl (C=O) groups excluding carboxylic acids is 1. The van der Waals surface area contributed by atoms with Crippen LogP contribution in [0.1, 0.15) is 56.6 Å². The third-order valence-corrected chi connectivity index (χ3v) is 6.73. The predicted octanol–water partition coefficient (Wildman–Crippen LogP) is 4.01. The van der Waals surface area contributed by atoms with Crippen LogP contribution in [-0.2, 0) is 4.74 Å². The predicted molar refractivity (Wildman–Crippen MR) is 96.4 cm³/mol. The molecule has 3 aliphatic rings. The van der Waals surface area contributed by atoms with Gasteiger partial charge in [0.25, 0.3) is 0 Å². The molecule has 2 fully saturated rings. The van der Waals surface area contributed by atoms with Crippen molar-refractivity contribution in [2.45, 2.75) is 67.5 Å². The maximum atomic E-state index is 12.5. The van der Waals surface area contributed by atoms with Gasteiger partial charge in [-0.2, -0.15) is 0 Å². The van der Waals surface area contributed by atoms with Crippen molar-refractivity contribution in [1.82, 2.24) is 10.6 Å². The van der Waals surface area contributed by atoms with E-state index in [1.54, 1.807) is 0 Å². The van der Waals surface area contributed by atoms with Gasteiger partial charge in [-0.25, -0.2) is 4.79 Å². The minimum atomic E-state index is -0.0262. The molecule has 2 unspecified atom stereocenters. The van der Waals surface area contributed by atoms with Crippen molar-refractivity contribution in [3.63, 3.8) is 0 Å². The lowest BCUT2D eigenvalue weighted by Gasteiger charge is -2.38. The van der Waals surface area contributed by atoms with E-state index in [0.29, 0.717) is 0 Å². The number of thioether (sulfide) groups is 1. The molecular weight excluding hydrogens is 320 g/mol. The van der Waals surface area contributed by atoms with E-state index in [0.717, 1.165) is 44.5 Å². The number of fused-ring (bicyclic) bond motifs is 1. The fourth-order valence-corrected chi connectivity index (χ4v) is 5.52. The van der Waals surface area contributed by atoms with Gasteiger partial charge < -0.3 is 15.4 Å². The monoisotopic (exact) mass is 346 g/mol. The Kier molecular flexibility index (Phi) is 4.72. The Hall–Kier alpha value is -1.20. The molecule has 1 aromatic carbocycles. The summed E-state index contributed by atoms with van der Waals surface area (Å²) < 4.78 is 6.06. The Bertz CT molecular complexity index is 601. The van der Waals surface area contributed by atoms with E-state index in [9.17, 15) is 4.79 Å². The van der Waals surface area contributed by atoms with Crippen LogP contribution in [0.3, 0.4) is 0 Å². The smallest absolute Gasteiger partial charge is 0.315 e. The van der Waals surface area contributed by atoms with Gasteiger partial charge in [0.2, 0.25) is 0 Å². The van der Waals surface area contributed by atoms with Gasteiger partial charge in [0.05, 0.1) is 11.6 Å². The van der Waals surface area contributed by atoms with Gasteiger partial charge in [-0.3, -0.25) is 0 Å². The Morgan fingerprint density at radius 3 is 2.88 bits per heavy atom. The molecule has 2 heterocycles. The molecular formula is C19H26N2O2S. The average Bonchev–Trinajstić information content (AvgIpc) is 3.03. The number of amides is 2. The van der Waals surface area contributed by atoms with E-state index in [2.05, 4.69) is 34.9 Å². The molecule has 5 heteroatoms.